The van der Waals surface area contributed by atoms with Crippen molar-refractivity contribution in [3.63, 3.8) is 0 Å². The van der Waals surface area contributed by atoms with E-state index in [1.165, 1.54) is 0 Å². The Bertz CT molecular complexity index is 479. The molecule has 1 aliphatic heterocycles. The van der Waals surface area contributed by atoms with Crippen molar-refractivity contribution in [2.45, 2.75) is 12.5 Å². The van der Waals surface area contributed by atoms with Gasteiger partial charge in [0, 0.05) is 18.7 Å². The van der Waals surface area contributed by atoms with Crippen LogP contribution in [-0.4, -0.2) is 37.0 Å². The summed E-state index contributed by atoms with van der Waals surface area (Å²) < 4.78 is 26.4. The van der Waals surface area contributed by atoms with Crippen LogP contribution in [0.15, 0.2) is 12.1 Å². The molecule has 0 aromatic heterocycles. The molecule has 6 heteroatoms. The van der Waals surface area contributed by atoms with Gasteiger partial charge in [0.05, 0.1) is 11.3 Å². The zero-order valence-corrected chi connectivity index (χ0v) is 10.0. The van der Waals surface area contributed by atoms with Crippen LogP contribution in [0.1, 0.15) is 16.8 Å². The smallest absolute Gasteiger partial charge is 0.254 e. The van der Waals surface area contributed by atoms with Crippen LogP contribution < -0.4 is 11.1 Å². The molecule has 1 aromatic carbocycles. The Morgan fingerprint density at radius 1 is 1.44 bits per heavy atom. The molecule has 0 spiro atoms. The molecule has 0 saturated carbocycles. The number of carbonyl (C=O) groups is 1. The fourth-order valence-corrected chi connectivity index (χ4v) is 2.06. The number of amides is 1. The standard InChI is InChI=1S/C12H15F2N3O/c1-17-3-2-7(6-17)16-12(18)8-4-11(15)10(14)5-9(8)13/h4-5,7H,2-3,6,15H2,1H3,(H,16,18). The number of nitrogen functional groups attached to an aromatic ring is 1. The van der Waals surface area contributed by atoms with Gasteiger partial charge in [-0.15, -0.1) is 0 Å². The predicted molar refractivity (Wildman–Crippen MR) is 64.1 cm³/mol. The van der Waals surface area contributed by atoms with Crippen LogP contribution >= 0.6 is 0 Å². The average Bonchev–Trinajstić information content (AvgIpc) is 2.69. The van der Waals surface area contributed by atoms with Crippen LogP contribution in [0.4, 0.5) is 14.5 Å². The molecule has 1 saturated heterocycles. The number of rotatable bonds is 2. The number of carbonyl (C=O) groups excluding carboxylic acids is 1. The second-order valence-electron chi connectivity index (χ2n) is 4.57. The van der Waals surface area contributed by atoms with E-state index in [1.54, 1.807) is 0 Å². The molecule has 1 heterocycles. The first kappa shape index (κ1) is 12.8. The highest BCUT2D eigenvalue weighted by molar-refractivity contribution is 5.95. The topological polar surface area (TPSA) is 58.4 Å². The highest BCUT2D eigenvalue weighted by atomic mass is 19.1. The van der Waals surface area contributed by atoms with Crippen molar-refractivity contribution < 1.29 is 13.6 Å². The molecule has 1 amide bonds. The van der Waals surface area contributed by atoms with E-state index in [4.69, 9.17) is 5.73 Å². The van der Waals surface area contributed by atoms with E-state index < -0.39 is 17.5 Å². The van der Waals surface area contributed by atoms with E-state index in [2.05, 4.69) is 10.2 Å². The molecule has 1 aliphatic rings. The molecule has 2 rings (SSSR count). The molecule has 1 fully saturated rings. The summed E-state index contributed by atoms with van der Waals surface area (Å²) in [5.41, 5.74) is 4.88. The molecule has 3 N–H and O–H groups in total. The van der Waals surface area contributed by atoms with Crippen molar-refractivity contribution >= 4 is 11.6 Å². The second kappa shape index (κ2) is 4.89. The van der Waals surface area contributed by atoms with Crippen molar-refractivity contribution in [3.8, 4) is 0 Å². The minimum atomic E-state index is -0.898. The van der Waals surface area contributed by atoms with Crippen LogP contribution in [0.3, 0.4) is 0 Å². The number of nitrogens with zero attached hydrogens (tertiary/aromatic N) is 1. The Kier molecular flexibility index (Phi) is 3.47. The largest absolute Gasteiger partial charge is 0.396 e. The Morgan fingerprint density at radius 2 is 2.17 bits per heavy atom. The molecule has 98 valence electrons. The van der Waals surface area contributed by atoms with E-state index in [9.17, 15) is 13.6 Å². The molecule has 1 unspecified atom stereocenters. The fourth-order valence-electron chi connectivity index (χ4n) is 2.06. The third-order valence-electron chi connectivity index (χ3n) is 3.06. The minimum absolute atomic E-state index is 0.00632. The summed E-state index contributed by atoms with van der Waals surface area (Å²) in [4.78, 5) is 13.9. The van der Waals surface area contributed by atoms with Gasteiger partial charge in [0.25, 0.3) is 5.91 Å². The number of hydrogen-bond donors (Lipinski definition) is 2. The molecule has 0 aliphatic carbocycles. The number of halogens is 2. The van der Waals surface area contributed by atoms with Crippen molar-refractivity contribution in [2.75, 3.05) is 25.9 Å². The van der Waals surface area contributed by atoms with E-state index >= 15 is 0 Å². The van der Waals surface area contributed by atoms with Gasteiger partial charge in [0.1, 0.15) is 11.6 Å². The first-order chi connectivity index (χ1) is 8.47. The summed E-state index contributed by atoms with van der Waals surface area (Å²) in [6.45, 7) is 1.61. The number of likely N-dealkylation sites (tertiary alicyclic amines) is 1. The van der Waals surface area contributed by atoms with E-state index in [0.29, 0.717) is 6.07 Å². The zero-order valence-electron chi connectivity index (χ0n) is 10.0. The van der Waals surface area contributed by atoms with E-state index in [0.717, 1.165) is 25.6 Å². The van der Waals surface area contributed by atoms with Gasteiger partial charge in [-0.2, -0.15) is 0 Å². The lowest BCUT2D eigenvalue weighted by molar-refractivity contribution is 0.0934. The highest BCUT2D eigenvalue weighted by Crippen LogP contribution is 2.17. The first-order valence-electron chi connectivity index (χ1n) is 5.71. The Labute approximate surface area is 104 Å². The fraction of sp³-hybridized carbons (Fsp3) is 0.417. The van der Waals surface area contributed by atoms with Crippen molar-refractivity contribution in [1.82, 2.24) is 10.2 Å². The van der Waals surface area contributed by atoms with Gasteiger partial charge >= 0.3 is 0 Å². The summed E-state index contributed by atoms with van der Waals surface area (Å²) in [5.74, 6) is -2.31. The second-order valence-corrected chi connectivity index (χ2v) is 4.57. The minimum Gasteiger partial charge on any atom is -0.396 e. The van der Waals surface area contributed by atoms with Crippen LogP contribution in [-0.2, 0) is 0 Å². The third kappa shape index (κ3) is 2.59. The maximum Gasteiger partial charge on any atom is 0.254 e. The van der Waals surface area contributed by atoms with Gasteiger partial charge in [-0.3, -0.25) is 4.79 Å². The van der Waals surface area contributed by atoms with Crippen LogP contribution in [0.5, 0.6) is 0 Å². The summed E-state index contributed by atoms with van der Waals surface area (Å²) in [5, 5.41) is 2.71. The Hall–Kier alpha value is -1.69. The first-order valence-corrected chi connectivity index (χ1v) is 5.71. The number of likely N-dealkylation sites (N-methyl/N-ethyl adjacent to an activating group) is 1. The van der Waals surface area contributed by atoms with Gasteiger partial charge in [-0.05, 0) is 26.1 Å². The Morgan fingerprint density at radius 3 is 2.78 bits per heavy atom. The summed E-state index contributed by atoms with van der Waals surface area (Å²) >= 11 is 0. The number of benzene rings is 1. The predicted octanol–water partition coefficient (Wildman–Crippen LogP) is 0.981. The molecular weight excluding hydrogens is 240 g/mol. The quantitative estimate of drug-likeness (QED) is 0.774. The SMILES string of the molecule is CN1CCC(NC(=O)c2cc(N)c(F)cc2F)C1. The maximum atomic E-state index is 13.5. The van der Waals surface area contributed by atoms with Gasteiger partial charge in [0.15, 0.2) is 0 Å². The average molecular weight is 255 g/mol. The lowest BCUT2D eigenvalue weighted by Crippen LogP contribution is -2.37. The molecular formula is C12H15F2N3O. The molecule has 1 atom stereocenters. The molecule has 1 aromatic rings. The lowest BCUT2D eigenvalue weighted by Gasteiger charge is -2.13. The number of nitrogens with one attached hydrogen (secondary N) is 1. The van der Waals surface area contributed by atoms with Crippen molar-refractivity contribution in [3.05, 3.63) is 29.3 Å². The summed E-state index contributed by atoms with van der Waals surface area (Å²) in [7, 11) is 1.95. The third-order valence-corrected chi connectivity index (χ3v) is 3.06. The number of hydrogen-bond acceptors (Lipinski definition) is 3. The lowest BCUT2D eigenvalue weighted by atomic mass is 10.1. The summed E-state index contributed by atoms with van der Waals surface area (Å²) in [6, 6.07) is 1.65. The highest BCUT2D eigenvalue weighted by Gasteiger charge is 2.23. The number of anilines is 1. The van der Waals surface area contributed by atoms with Gasteiger partial charge in [-0.1, -0.05) is 0 Å². The van der Waals surface area contributed by atoms with Crippen LogP contribution in [0.2, 0.25) is 0 Å². The Balaban J connectivity index is 2.11. The normalized spacial score (nSPS) is 20.1. The monoisotopic (exact) mass is 255 g/mol. The van der Waals surface area contributed by atoms with Gasteiger partial charge in [0.2, 0.25) is 0 Å². The molecule has 18 heavy (non-hydrogen) atoms. The molecule has 4 nitrogen and oxygen atoms in total. The van der Waals surface area contributed by atoms with Gasteiger partial charge in [-0.25, -0.2) is 8.78 Å². The summed E-state index contributed by atoms with van der Waals surface area (Å²) in [6.07, 6.45) is 0.820. The zero-order chi connectivity index (χ0) is 13.3. The van der Waals surface area contributed by atoms with E-state index in [-0.39, 0.29) is 17.3 Å². The van der Waals surface area contributed by atoms with Crippen LogP contribution in [0, 0.1) is 11.6 Å². The van der Waals surface area contributed by atoms with E-state index in [1.807, 2.05) is 7.05 Å². The number of nitrogens with two attached hydrogens (primary N) is 1. The molecule has 0 radical (unpaired) electrons. The van der Waals surface area contributed by atoms with Gasteiger partial charge < -0.3 is 16.0 Å². The maximum absolute atomic E-state index is 13.5. The van der Waals surface area contributed by atoms with Crippen molar-refractivity contribution in [2.24, 2.45) is 0 Å². The van der Waals surface area contributed by atoms with Crippen molar-refractivity contribution in [1.29, 1.82) is 0 Å². The molecule has 0 bridgehead atoms. The van der Waals surface area contributed by atoms with Crippen LogP contribution in [0.25, 0.3) is 0 Å².